The van der Waals surface area contributed by atoms with Crippen molar-refractivity contribution >= 4 is 11.6 Å². The first-order valence-electron chi connectivity index (χ1n) is 10.1. The highest BCUT2D eigenvalue weighted by atomic mass is 35.5. The van der Waals surface area contributed by atoms with Crippen LogP contribution in [-0.2, 0) is 0 Å². The predicted octanol–water partition coefficient (Wildman–Crippen LogP) is 7.80. The summed E-state index contributed by atoms with van der Waals surface area (Å²) in [6.45, 7) is 0. The molecular weight excluding hydrogens is 400 g/mol. The molecule has 31 heavy (non-hydrogen) atoms. The maximum absolute atomic E-state index is 6.24. The third kappa shape index (κ3) is 4.25. The Morgan fingerprint density at radius 3 is 1.58 bits per heavy atom. The van der Waals surface area contributed by atoms with E-state index in [-0.39, 0.29) is 0 Å². The van der Waals surface area contributed by atoms with Crippen LogP contribution in [0.25, 0.3) is 45.0 Å². The molecule has 0 aliphatic rings. The van der Waals surface area contributed by atoms with Crippen LogP contribution in [0.5, 0.6) is 0 Å². The Morgan fingerprint density at radius 1 is 0.419 bits per heavy atom. The maximum atomic E-state index is 6.24. The molecule has 0 saturated carbocycles. The van der Waals surface area contributed by atoms with E-state index < -0.39 is 0 Å². The highest BCUT2D eigenvalue weighted by Gasteiger charge is 2.11. The Balaban J connectivity index is 1.61. The first-order chi connectivity index (χ1) is 15.3. The Kier molecular flexibility index (Phi) is 5.30. The molecule has 0 saturated heterocycles. The van der Waals surface area contributed by atoms with Crippen molar-refractivity contribution in [3.05, 3.63) is 120 Å². The summed E-state index contributed by atoms with van der Waals surface area (Å²) in [5, 5.41) is 0.686. The van der Waals surface area contributed by atoms with Gasteiger partial charge in [0.2, 0.25) is 0 Å². The van der Waals surface area contributed by atoms with Crippen LogP contribution in [0.2, 0.25) is 5.02 Å². The quantitative estimate of drug-likeness (QED) is 0.297. The summed E-state index contributed by atoms with van der Waals surface area (Å²) in [4.78, 5) is 9.72. The summed E-state index contributed by atoms with van der Waals surface area (Å²) >= 11 is 6.24. The fourth-order valence-corrected chi connectivity index (χ4v) is 3.76. The van der Waals surface area contributed by atoms with Crippen LogP contribution in [0.15, 0.2) is 115 Å². The van der Waals surface area contributed by atoms with Crippen molar-refractivity contribution < 1.29 is 0 Å². The van der Waals surface area contributed by atoms with Gasteiger partial charge in [-0.3, -0.25) is 0 Å². The van der Waals surface area contributed by atoms with Crippen molar-refractivity contribution in [1.82, 2.24) is 9.97 Å². The molecule has 0 aliphatic heterocycles. The van der Waals surface area contributed by atoms with Crippen molar-refractivity contribution in [2.45, 2.75) is 0 Å². The molecule has 0 radical (unpaired) electrons. The number of hydrogen-bond donors (Lipinski definition) is 0. The van der Waals surface area contributed by atoms with E-state index in [1.165, 1.54) is 11.1 Å². The van der Waals surface area contributed by atoms with Gasteiger partial charge in [-0.1, -0.05) is 109 Å². The second kappa shape index (κ2) is 8.55. The van der Waals surface area contributed by atoms with Gasteiger partial charge in [-0.2, -0.15) is 0 Å². The van der Waals surface area contributed by atoms with Crippen molar-refractivity contribution in [2.75, 3.05) is 0 Å². The van der Waals surface area contributed by atoms with Crippen LogP contribution in [0.3, 0.4) is 0 Å². The molecule has 1 heterocycles. The van der Waals surface area contributed by atoms with Gasteiger partial charge in [-0.25, -0.2) is 9.97 Å². The van der Waals surface area contributed by atoms with Gasteiger partial charge in [-0.05, 0) is 29.3 Å². The summed E-state index contributed by atoms with van der Waals surface area (Å²) in [6, 6.07) is 38.7. The molecule has 5 rings (SSSR count). The minimum Gasteiger partial charge on any atom is -0.228 e. The maximum Gasteiger partial charge on any atom is 0.160 e. The zero-order valence-corrected chi connectivity index (χ0v) is 17.5. The largest absolute Gasteiger partial charge is 0.228 e. The monoisotopic (exact) mass is 418 g/mol. The summed E-state index contributed by atoms with van der Waals surface area (Å²) in [5.74, 6) is 0.695. The summed E-state index contributed by atoms with van der Waals surface area (Å²) in [7, 11) is 0. The molecule has 5 aromatic rings. The number of halogens is 1. The van der Waals surface area contributed by atoms with Crippen LogP contribution in [-0.4, -0.2) is 9.97 Å². The van der Waals surface area contributed by atoms with Gasteiger partial charge in [0, 0.05) is 21.7 Å². The molecule has 0 spiro atoms. The molecule has 4 aromatic carbocycles. The van der Waals surface area contributed by atoms with E-state index in [2.05, 4.69) is 48.5 Å². The van der Waals surface area contributed by atoms with Crippen molar-refractivity contribution in [3.8, 4) is 45.0 Å². The van der Waals surface area contributed by atoms with E-state index in [0.717, 1.165) is 28.1 Å². The Bertz CT molecular complexity index is 1310. The van der Waals surface area contributed by atoms with Gasteiger partial charge in [0.05, 0.1) is 11.4 Å². The van der Waals surface area contributed by atoms with Crippen LogP contribution in [0.1, 0.15) is 0 Å². The number of hydrogen-bond acceptors (Lipinski definition) is 2. The average Bonchev–Trinajstić information content (AvgIpc) is 2.85. The Morgan fingerprint density at radius 2 is 0.935 bits per heavy atom. The third-order valence-electron chi connectivity index (χ3n) is 5.17. The van der Waals surface area contributed by atoms with Crippen LogP contribution in [0.4, 0.5) is 0 Å². The minimum absolute atomic E-state index is 0.686. The lowest BCUT2D eigenvalue weighted by atomic mass is 10.0. The van der Waals surface area contributed by atoms with Gasteiger partial charge in [0.1, 0.15) is 0 Å². The average molecular weight is 419 g/mol. The number of nitrogens with zero attached hydrogens (tertiary/aromatic N) is 2. The highest BCUT2D eigenvalue weighted by molar-refractivity contribution is 6.30. The molecule has 0 unspecified atom stereocenters. The molecule has 0 aliphatic carbocycles. The fourth-order valence-electron chi connectivity index (χ4n) is 3.57. The molecule has 148 valence electrons. The summed E-state index contributed by atoms with van der Waals surface area (Å²) in [5.41, 5.74) is 7.09. The normalized spacial score (nSPS) is 10.7. The van der Waals surface area contributed by atoms with Gasteiger partial charge in [0.15, 0.2) is 5.82 Å². The molecule has 0 amide bonds. The van der Waals surface area contributed by atoms with Gasteiger partial charge < -0.3 is 0 Å². The van der Waals surface area contributed by atoms with Gasteiger partial charge in [0.25, 0.3) is 0 Å². The van der Waals surface area contributed by atoms with E-state index in [1.54, 1.807) is 0 Å². The molecular formula is C28H19ClN2. The molecule has 0 atom stereocenters. The molecule has 3 heteroatoms. The van der Waals surface area contributed by atoms with Crippen LogP contribution >= 0.6 is 11.6 Å². The first-order valence-corrected chi connectivity index (χ1v) is 10.5. The Hall–Kier alpha value is -3.75. The summed E-state index contributed by atoms with van der Waals surface area (Å²) in [6.07, 6.45) is 0. The molecule has 1 aromatic heterocycles. The zero-order chi connectivity index (χ0) is 21.0. The molecule has 0 fully saturated rings. The second-order valence-corrected chi connectivity index (χ2v) is 7.72. The van der Waals surface area contributed by atoms with Crippen molar-refractivity contribution in [2.24, 2.45) is 0 Å². The molecule has 0 bridgehead atoms. The van der Waals surface area contributed by atoms with Crippen LogP contribution < -0.4 is 0 Å². The molecule has 2 nitrogen and oxygen atoms in total. The summed E-state index contributed by atoms with van der Waals surface area (Å²) < 4.78 is 0. The fraction of sp³-hybridized carbons (Fsp3) is 0. The first kappa shape index (κ1) is 19.2. The van der Waals surface area contributed by atoms with E-state index >= 15 is 0 Å². The topological polar surface area (TPSA) is 25.8 Å². The smallest absolute Gasteiger partial charge is 0.160 e. The van der Waals surface area contributed by atoms with E-state index in [9.17, 15) is 0 Å². The lowest BCUT2D eigenvalue weighted by molar-refractivity contribution is 1.18. The van der Waals surface area contributed by atoms with Crippen LogP contribution in [0, 0.1) is 0 Å². The predicted molar refractivity (Wildman–Crippen MR) is 129 cm³/mol. The van der Waals surface area contributed by atoms with Gasteiger partial charge >= 0.3 is 0 Å². The number of benzene rings is 4. The SMILES string of the molecule is Clc1cccc(-c2cc(-c3ccc(-c4ccccc4)cc3)nc(-c3ccccc3)n2)c1. The highest BCUT2D eigenvalue weighted by Crippen LogP contribution is 2.30. The number of aromatic nitrogens is 2. The van der Waals surface area contributed by atoms with E-state index in [1.807, 2.05) is 66.7 Å². The standard InChI is InChI=1S/C28H19ClN2/c29-25-13-7-12-24(18-25)27-19-26(30-28(31-27)23-10-5-2-6-11-23)22-16-14-21(15-17-22)20-8-3-1-4-9-20/h1-19H. The lowest BCUT2D eigenvalue weighted by Crippen LogP contribution is -1.95. The van der Waals surface area contributed by atoms with Crippen molar-refractivity contribution in [1.29, 1.82) is 0 Å². The minimum atomic E-state index is 0.686. The van der Waals surface area contributed by atoms with E-state index in [4.69, 9.17) is 21.6 Å². The van der Waals surface area contributed by atoms with Crippen molar-refractivity contribution in [3.63, 3.8) is 0 Å². The zero-order valence-electron chi connectivity index (χ0n) is 16.7. The Labute approximate surface area is 186 Å². The second-order valence-electron chi connectivity index (χ2n) is 7.28. The lowest BCUT2D eigenvalue weighted by Gasteiger charge is -2.10. The number of rotatable bonds is 4. The molecule has 0 N–H and O–H groups in total. The van der Waals surface area contributed by atoms with E-state index in [0.29, 0.717) is 10.8 Å². The van der Waals surface area contributed by atoms with Gasteiger partial charge in [-0.15, -0.1) is 0 Å². The third-order valence-corrected chi connectivity index (χ3v) is 5.40.